The average molecular weight is 407 g/mol. The molecule has 4 nitrogen and oxygen atoms in total. The molecule has 0 amide bonds. The van der Waals surface area contributed by atoms with Crippen LogP contribution in [0.3, 0.4) is 0 Å². The number of aromatic amines is 1. The number of halogens is 4. The molecule has 137 valence electrons. The van der Waals surface area contributed by atoms with E-state index in [-0.39, 0.29) is 40.9 Å². The van der Waals surface area contributed by atoms with E-state index in [1.807, 2.05) is 0 Å². The monoisotopic (exact) mass is 407 g/mol. The third kappa shape index (κ3) is 3.96. The fourth-order valence-electron chi connectivity index (χ4n) is 2.34. The zero-order chi connectivity index (χ0) is 18.9. The van der Waals surface area contributed by atoms with Crippen LogP contribution in [-0.2, 0) is 9.84 Å². The Labute approximate surface area is 174 Å². The zero-order valence-corrected chi connectivity index (χ0v) is 16.9. The van der Waals surface area contributed by atoms with Gasteiger partial charge in [-0.1, -0.05) is 60.7 Å². The van der Waals surface area contributed by atoms with Gasteiger partial charge in [0.1, 0.15) is 0 Å². The predicted molar refractivity (Wildman–Crippen MR) is 93.4 cm³/mol. The average Bonchev–Trinajstić information content (AvgIpc) is 3.09. The third-order valence-corrected chi connectivity index (χ3v) is 5.26. The molecule has 0 aliphatic rings. The van der Waals surface area contributed by atoms with Gasteiger partial charge < -0.3 is 4.98 Å². The summed E-state index contributed by atoms with van der Waals surface area (Å²) in [5, 5.41) is -6.47. The molecule has 0 aliphatic carbocycles. The summed E-state index contributed by atoms with van der Waals surface area (Å²) >= 11 is 0. The minimum Gasteiger partial charge on any atom is -0.328 e. The summed E-state index contributed by atoms with van der Waals surface area (Å²) in [7, 11) is -5.71. The standard InChI is InChI=1S/C17H12F4N2O2S.Na/c18-15(19)17(20,21)26(24,25)16-22-13(11-7-3-1-4-8-11)14(23-16)12-9-5-2-6-10-12;/h1-10,15H,(H,22,23);. The first-order chi connectivity index (χ1) is 12.2. The summed E-state index contributed by atoms with van der Waals surface area (Å²) in [4.78, 5) is 6.01. The van der Waals surface area contributed by atoms with Crippen molar-refractivity contribution in [2.24, 2.45) is 0 Å². The van der Waals surface area contributed by atoms with Crippen LogP contribution in [0.1, 0.15) is 0 Å². The number of H-pyrrole nitrogens is 1. The van der Waals surface area contributed by atoms with Gasteiger partial charge in [0.05, 0.1) is 11.4 Å². The minimum atomic E-state index is -5.71. The van der Waals surface area contributed by atoms with Crippen molar-refractivity contribution in [3.8, 4) is 22.5 Å². The molecule has 3 aromatic rings. The van der Waals surface area contributed by atoms with E-state index in [4.69, 9.17) is 0 Å². The number of sulfone groups is 1. The molecule has 1 aromatic heterocycles. The molecule has 0 saturated carbocycles. The van der Waals surface area contributed by atoms with Gasteiger partial charge in [-0.2, -0.15) is 8.78 Å². The number of hydrogen-bond acceptors (Lipinski definition) is 3. The van der Waals surface area contributed by atoms with Gasteiger partial charge in [0, 0.05) is 40.7 Å². The van der Waals surface area contributed by atoms with Crippen molar-refractivity contribution < 1.29 is 26.0 Å². The topological polar surface area (TPSA) is 62.8 Å². The van der Waals surface area contributed by atoms with Crippen LogP contribution in [0.2, 0.25) is 0 Å². The Balaban J connectivity index is 0.00000261. The van der Waals surface area contributed by atoms with Gasteiger partial charge in [-0.05, 0) is 0 Å². The number of benzene rings is 2. The second-order valence-corrected chi connectivity index (χ2v) is 7.30. The summed E-state index contributed by atoms with van der Waals surface area (Å²) in [6, 6.07) is 16.5. The molecule has 1 heterocycles. The minimum absolute atomic E-state index is 0. The van der Waals surface area contributed by atoms with Gasteiger partial charge in [-0.3, -0.25) is 0 Å². The fraction of sp³-hybridized carbons (Fsp3) is 0.118. The van der Waals surface area contributed by atoms with Crippen LogP contribution in [0.5, 0.6) is 0 Å². The summed E-state index contributed by atoms with van der Waals surface area (Å²) in [6.45, 7) is 0. The van der Waals surface area contributed by atoms with Gasteiger partial charge in [0.2, 0.25) is 5.16 Å². The smallest absolute Gasteiger partial charge is 0.328 e. The van der Waals surface area contributed by atoms with Crippen LogP contribution in [0.25, 0.3) is 22.5 Å². The van der Waals surface area contributed by atoms with Crippen molar-refractivity contribution in [2.45, 2.75) is 16.8 Å². The van der Waals surface area contributed by atoms with Crippen molar-refractivity contribution in [3.63, 3.8) is 0 Å². The molecule has 1 radical (unpaired) electrons. The molecule has 0 atom stereocenters. The van der Waals surface area contributed by atoms with Crippen molar-refractivity contribution in [1.29, 1.82) is 0 Å². The van der Waals surface area contributed by atoms with E-state index < -0.39 is 26.7 Å². The van der Waals surface area contributed by atoms with Crippen LogP contribution in [0.15, 0.2) is 65.8 Å². The maximum atomic E-state index is 13.6. The van der Waals surface area contributed by atoms with E-state index in [2.05, 4.69) is 9.97 Å². The van der Waals surface area contributed by atoms with Crippen LogP contribution in [-0.4, -0.2) is 59.6 Å². The Bertz CT molecular complexity index is 953. The van der Waals surface area contributed by atoms with Crippen molar-refractivity contribution in [1.82, 2.24) is 9.97 Å². The molecule has 0 fully saturated rings. The van der Waals surface area contributed by atoms with E-state index >= 15 is 0 Å². The molecular formula is C17H12F4N2NaO2S. The van der Waals surface area contributed by atoms with Crippen molar-refractivity contribution >= 4 is 39.4 Å². The van der Waals surface area contributed by atoms with Crippen LogP contribution in [0, 0.1) is 0 Å². The quantitative estimate of drug-likeness (QED) is 0.514. The molecule has 10 heteroatoms. The Hall–Kier alpha value is -1.68. The maximum absolute atomic E-state index is 13.6. The van der Waals surface area contributed by atoms with E-state index in [1.165, 1.54) is 0 Å². The predicted octanol–water partition coefficient (Wildman–Crippen LogP) is 3.99. The van der Waals surface area contributed by atoms with E-state index in [9.17, 15) is 26.0 Å². The normalized spacial score (nSPS) is 12.0. The number of rotatable bonds is 5. The molecule has 2 aromatic carbocycles. The molecule has 0 saturated heterocycles. The number of nitrogens with zero attached hydrogens (tertiary/aromatic N) is 1. The second-order valence-electron chi connectivity index (χ2n) is 5.36. The molecule has 27 heavy (non-hydrogen) atoms. The van der Waals surface area contributed by atoms with E-state index in [0.29, 0.717) is 11.1 Å². The molecule has 0 spiro atoms. The molecular weight excluding hydrogens is 395 g/mol. The largest absolute Gasteiger partial charge is 0.411 e. The number of alkyl halides is 4. The summed E-state index contributed by atoms with van der Waals surface area (Å²) in [6.07, 6.45) is -4.38. The molecule has 0 aliphatic heterocycles. The summed E-state index contributed by atoms with van der Waals surface area (Å²) < 4.78 is 76.3. The first-order valence-corrected chi connectivity index (χ1v) is 8.85. The first kappa shape index (κ1) is 21.6. The first-order valence-electron chi connectivity index (χ1n) is 7.36. The number of imidazole rings is 1. The molecule has 0 bridgehead atoms. The SMILES string of the molecule is O=S(=O)(c1nc(-c2ccccc2)c(-c2ccccc2)[nH]1)C(F)(F)C(F)F.[Na]. The Morgan fingerprint density at radius 2 is 1.37 bits per heavy atom. The summed E-state index contributed by atoms with van der Waals surface area (Å²) in [5.41, 5.74) is 1.13. The van der Waals surface area contributed by atoms with E-state index in [0.717, 1.165) is 0 Å². The van der Waals surface area contributed by atoms with Crippen molar-refractivity contribution in [2.75, 3.05) is 0 Å². The van der Waals surface area contributed by atoms with Crippen LogP contribution < -0.4 is 0 Å². The van der Waals surface area contributed by atoms with Crippen LogP contribution >= 0.6 is 0 Å². The number of aromatic nitrogens is 2. The maximum Gasteiger partial charge on any atom is 0.411 e. The second kappa shape index (κ2) is 8.14. The van der Waals surface area contributed by atoms with Crippen molar-refractivity contribution in [3.05, 3.63) is 60.7 Å². The van der Waals surface area contributed by atoms with Crippen LogP contribution in [0.4, 0.5) is 17.6 Å². The Kier molecular flexibility index (Phi) is 6.51. The van der Waals surface area contributed by atoms with Gasteiger partial charge in [0.15, 0.2) is 0 Å². The molecule has 0 unspecified atom stereocenters. The third-order valence-electron chi connectivity index (χ3n) is 3.66. The molecule has 1 N–H and O–H groups in total. The fourth-order valence-corrected chi connectivity index (χ4v) is 3.28. The zero-order valence-electron chi connectivity index (χ0n) is 14.0. The van der Waals surface area contributed by atoms with Gasteiger partial charge >= 0.3 is 11.7 Å². The number of nitrogens with one attached hydrogen (secondary N) is 1. The van der Waals surface area contributed by atoms with Gasteiger partial charge in [-0.25, -0.2) is 22.2 Å². The summed E-state index contributed by atoms with van der Waals surface area (Å²) in [5.74, 6) is 0. The van der Waals surface area contributed by atoms with Gasteiger partial charge in [-0.15, -0.1) is 0 Å². The number of hydrogen-bond donors (Lipinski definition) is 1. The Morgan fingerprint density at radius 1 is 0.889 bits per heavy atom. The molecule has 3 rings (SSSR count). The Morgan fingerprint density at radius 3 is 1.85 bits per heavy atom. The van der Waals surface area contributed by atoms with Gasteiger partial charge in [0.25, 0.3) is 9.84 Å². The van der Waals surface area contributed by atoms with E-state index in [1.54, 1.807) is 60.7 Å².